The van der Waals surface area contributed by atoms with Crippen LogP contribution in [0.1, 0.15) is 27.9 Å². The summed E-state index contributed by atoms with van der Waals surface area (Å²) in [5.74, 6) is -0.528. The first-order valence-electron chi connectivity index (χ1n) is 6.58. The van der Waals surface area contributed by atoms with Gasteiger partial charge in [0, 0.05) is 20.6 Å². The van der Waals surface area contributed by atoms with Crippen LogP contribution in [-0.2, 0) is 13.0 Å². The molecule has 1 heterocycles. The Morgan fingerprint density at radius 2 is 2.19 bits per heavy atom. The molecule has 1 amide bonds. The Bertz CT molecular complexity index is 642. The number of benzene rings is 1. The Hall–Kier alpha value is -2.02. The molecule has 21 heavy (non-hydrogen) atoms. The third-order valence-corrected chi connectivity index (χ3v) is 3.81. The minimum absolute atomic E-state index is 0.223. The Morgan fingerprint density at radius 3 is 2.81 bits per heavy atom. The lowest BCUT2D eigenvalue weighted by molar-refractivity contribution is 0.0954. The van der Waals surface area contributed by atoms with E-state index in [4.69, 9.17) is 0 Å². The quantitative estimate of drug-likeness (QED) is 0.920. The second-order valence-electron chi connectivity index (χ2n) is 4.77. The summed E-state index contributed by atoms with van der Waals surface area (Å²) in [4.78, 5) is 14.3. The molecule has 5 nitrogen and oxygen atoms in total. The minimum Gasteiger partial charge on any atom is -0.375 e. The second kappa shape index (κ2) is 6.62. The van der Waals surface area contributed by atoms with Crippen molar-refractivity contribution >= 4 is 23.1 Å². The fourth-order valence-electron chi connectivity index (χ4n) is 1.90. The lowest BCUT2D eigenvalue weighted by Gasteiger charge is -2.14. The molecule has 112 valence electrons. The molecule has 1 N–H and O–H groups in total. The molecule has 0 saturated carbocycles. The van der Waals surface area contributed by atoms with Crippen molar-refractivity contribution in [3.8, 4) is 0 Å². The van der Waals surface area contributed by atoms with Crippen LogP contribution in [0.2, 0.25) is 0 Å². The highest BCUT2D eigenvalue weighted by Crippen LogP contribution is 2.18. The molecule has 0 aliphatic carbocycles. The van der Waals surface area contributed by atoms with Crippen molar-refractivity contribution in [3.63, 3.8) is 0 Å². The van der Waals surface area contributed by atoms with E-state index < -0.39 is 0 Å². The van der Waals surface area contributed by atoms with Crippen molar-refractivity contribution in [2.24, 2.45) is 0 Å². The monoisotopic (exact) mass is 308 g/mol. The molecule has 0 aliphatic rings. The van der Waals surface area contributed by atoms with Crippen LogP contribution in [0.25, 0.3) is 0 Å². The molecule has 0 unspecified atom stereocenters. The molecule has 2 aromatic rings. The van der Waals surface area contributed by atoms with E-state index in [2.05, 4.69) is 14.9 Å². The normalized spacial score (nSPS) is 10.5. The summed E-state index contributed by atoms with van der Waals surface area (Å²) in [5, 5.41) is 6.66. The maximum Gasteiger partial charge on any atom is 0.265 e. The van der Waals surface area contributed by atoms with Crippen LogP contribution >= 0.6 is 11.5 Å². The number of anilines is 1. The third-order valence-electron chi connectivity index (χ3n) is 3.04. The SMILES string of the molecule is CCc1nnsc1C(=O)NCc1ccc(N(C)C)c(F)c1. The van der Waals surface area contributed by atoms with Crippen molar-refractivity contribution in [1.82, 2.24) is 14.9 Å². The smallest absolute Gasteiger partial charge is 0.265 e. The molecule has 0 fully saturated rings. The van der Waals surface area contributed by atoms with Gasteiger partial charge >= 0.3 is 0 Å². The maximum absolute atomic E-state index is 13.8. The molecule has 0 bridgehead atoms. The zero-order valence-corrected chi connectivity index (χ0v) is 13.0. The summed E-state index contributed by atoms with van der Waals surface area (Å²) >= 11 is 1.07. The number of nitrogens with one attached hydrogen (secondary N) is 1. The van der Waals surface area contributed by atoms with Crippen LogP contribution in [0, 0.1) is 5.82 Å². The van der Waals surface area contributed by atoms with Gasteiger partial charge in [-0.2, -0.15) is 0 Å². The summed E-state index contributed by atoms with van der Waals surface area (Å²) in [6.45, 7) is 2.19. The van der Waals surface area contributed by atoms with E-state index in [0.29, 0.717) is 28.2 Å². The number of amides is 1. The summed E-state index contributed by atoms with van der Waals surface area (Å²) < 4.78 is 17.6. The van der Waals surface area contributed by atoms with Crippen LogP contribution in [0.5, 0.6) is 0 Å². The Kier molecular flexibility index (Phi) is 4.85. The third kappa shape index (κ3) is 3.55. The molecular weight excluding hydrogens is 291 g/mol. The van der Waals surface area contributed by atoms with Gasteiger partial charge in [0.05, 0.1) is 11.4 Å². The van der Waals surface area contributed by atoms with Crippen molar-refractivity contribution in [2.75, 3.05) is 19.0 Å². The fourth-order valence-corrected chi connectivity index (χ4v) is 2.56. The summed E-state index contributed by atoms with van der Waals surface area (Å²) in [6.07, 6.45) is 0.658. The first-order valence-corrected chi connectivity index (χ1v) is 7.35. The number of halogens is 1. The molecule has 0 spiro atoms. The van der Waals surface area contributed by atoms with Crippen LogP contribution in [-0.4, -0.2) is 29.6 Å². The molecule has 2 rings (SSSR count). The van der Waals surface area contributed by atoms with E-state index in [-0.39, 0.29) is 18.3 Å². The topological polar surface area (TPSA) is 58.1 Å². The van der Waals surface area contributed by atoms with Gasteiger partial charge in [-0.1, -0.05) is 17.5 Å². The molecule has 7 heteroatoms. The first-order chi connectivity index (χ1) is 10.0. The minimum atomic E-state index is -0.305. The van der Waals surface area contributed by atoms with Crippen molar-refractivity contribution in [1.29, 1.82) is 0 Å². The van der Waals surface area contributed by atoms with Crippen molar-refractivity contribution < 1.29 is 9.18 Å². The Labute approximate surface area is 127 Å². The van der Waals surface area contributed by atoms with Crippen LogP contribution in [0.3, 0.4) is 0 Å². The van der Waals surface area contributed by atoms with Crippen LogP contribution in [0.4, 0.5) is 10.1 Å². The number of hydrogen-bond acceptors (Lipinski definition) is 5. The average Bonchev–Trinajstić information content (AvgIpc) is 2.92. The van der Waals surface area contributed by atoms with E-state index in [1.54, 1.807) is 31.1 Å². The lowest BCUT2D eigenvalue weighted by atomic mass is 10.2. The molecule has 0 atom stereocenters. The van der Waals surface area contributed by atoms with Crippen LogP contribution in [0.15, 0.2) is 18.2 Å². The average molecular weight is 308 g/mol. The number of rotatable bonds is 5. The van der Waals surface area contributed by atoms with Crippen LogP contribution < -0.4 is 10.2 Å². The molecule has 1 aromatic heterocycles. The van der Waals surface area contributed by atoms with Gasteiger partial charge in [-0.05, 0) is 35.6 Å². The highest BCUT2D eigenvalue weighted by atomic mass is 32.1. The van der Waals surface area contributed by atoms with Crippen molar-refractivity contribution in [3.05, 3.63) is 40.2 Å². The predicted octanol–water partition coefficient (Wildman–Crippen LogP) is 2.24. The predicted molar refractivity (Wildman–Crippen MR) is 81.2 cm³/mol. The van der Waals surface area contributed by atoms with Gasteiger partial charge < -0.3 is 10.2 Å². The van der Waals surface area contributed by atoms with Crippen molar-refractivity contribution in [2.45, 2.75) is 19.9 Å². The molecule has 0 radical (unpaired) electrons. The number of carbonyl (C=O) groups is 1. The van der Waals surface area contributed by atoms with E-state index >= 15 is 0 Å². The summed E-state index contributed by atoms with van der Waals surface area (Å²) in [7, 11) is 3.56. The maximum atomic E-state index is 13.8. The second-order valence-corrected chi connectivity index (χ2v) is 5.52. The van der Waals surface area contributed by atoms with Gasteiger partial charge in [-0.25, -0.2) is 4.39 Å². The van der Waals surface area contributed by atoms with Gasteiger partial charge in [0.1, 0.15) is 10.7 Å². The molecule has 1 aromatic carbocycles. The van der Waals surface area contributed by atoms with Gasteiger partial charge in [-0.15, -0.1) is 5.10 Å². The number of hydrogen-bond donors (Lipinski definition) is 1. The standard InChI is InChI=1S/C14H17FN4OS/c1-4-11-13(21-18-17-11)14(20)16-8-9-5-6-12(19(2)3)10(15)7-9/h5-7H,4,8H2,1-3H3,(H,16,20). The zero-order chi connectivity index (χ0) is 15.4. The first kappa shape index (κ1) is 15.4. The van der Waals surface area contributed by atoms with Gasteiger partial charge in [0.15, 0.2) is 0 Å². The Morgan fingerprint density at radius 1 is 1.43 bits per heavy atom. The molecule has 0 aliphatic heterocycles. The lowest BCUT2D eigenvalue weighted by Crippen LogP contribution is -2.23. The zero-order valence-electron chi connectivity index (χ0n) is 12.2. The van der Waals surface area contributed by atoms with Gasteiger partial charge in [-0.3, -0.25) is 4.79 Å². The summed E-state index contributed by atoms with van der Waals surface area (Å²) in [6, 6.07) is 4.92. The Balaban J connectivity index is 2.03. The molecular formula is C14H17FN4OS. The highest BCUT2D eigenvalue weighted by Gasteiger charge is 2.14. The number of aryl methyl sites for hydroxylation is 1. The van der Waals surface area contributed by atoms with Gasteiger partial charge in [0.2, 0.25) is 0 Å². The fraction of sp³-hybridized carbons (Fsp3) is 0.357. The van der Waals surface area contributed by atoms with E-state index in [1.807, 2.05) is 6.92 Å². The van der Waals surface area contributed by atoms with Gasteiger partial charge in [0.25, 0.3) is 5.91 Å². The number of aromatic nitrogens is 2. The number of carbonyl (C=O) groups excluding carboxylic acids is 1. The largest absolute Gasteiger partial charge is 0.375 e. The summed E-state index contributed by atoms with van der Waals surface area (Å²) in [5.41, 5.74) is 1.92. The van der Waals surface area contributed by atoms with E-state index in [1.165, 1.54) is 6.07 Å². The van der Waals surface area contributed by atoms with E-state index in [9.17, 15) is 9.18 Å². The highest BCUT2D eigenvalue weighted by molar-refractivity contribution is 7.08. The van der Waals surface area contributed by atoms with E-state index in [0.717, 1.165) is 11.5 Å². The number of nitrogens with zero attached hydrogens (tertiary/aromatic N) is 3. The molecule has 0 saturated heterocycles.